The Morgan fingerprint density at radius 3 is 3.06 bits per heavy atom. The third kappa shape index (κ3) is 3.23. The molecule has 5 heteroatoms. The van der Waals surface area contributed by atoms with Gasteiger partial charge in [0.25, 0.3) is 0 Å². The summed E-state index contributed by atoms with van der Waals surface area (Å²) in [7, 11) is 1.64. The first kappa shape index (κ1) is 13.4. The van der Waals surface area contributed by atoms with E-state index in [1.165, 1.54) is 0 Å². The van der Waals surface area contributed by atoms with Crippen LogP contribution in [0.15, 0.2) is 22.7 Å². The van der Waals surface area contributed by atoms with Gasteiger partial charge in [-0.2, -0.15) is 0 Å². The van der Waals surface area contributed by atoms with Crippen LogP contribution in [0.4, 0.5) is 0 Å². The second kappa shape index (κ2) is 6.20. The smallest absolute Gasteiger partial charge is 0.237 e. The van der Waals surface area contributed by atoms with Crippen molar-refractivity contribution in [2.75, 3.05) is 13.7 Å². The van der Waals surface area contributed by atoms with E-state index in [0.29, 0.717) is 6.54 Å². The molecule has 1 heterocycles. The maximum Gasteiger partial charge on any atom is 0.237 e. The van der Waals surface area contributed by atoms with Crippen LogP contribution in [-0.2, 0) is 11.3 Å². The topological polar surface area (TPSA) is 50.4 Å². The number of carbonyl (C=O) groups is 1. The average molecular weight is 313 g/mol. The minimum atomic E-state index is -0.0698. The highest BCUT2D eigenvalue weighted by Crippen LogP contribution is 2.25. The van der Waals surface area contributed by atoms with Gasteiger partial charge in [-0.15, -0.1) is 0 Å². The van der Waals surface area contributed by atoms with Crippen molar-refractivity contribution in [1.82, 2.24) is 10.6 Å². The second-order valence-corrected chi connectivity index (χ2v) is 5.19. The average Bonchev–Trinajstić information content (AvgIpc) is 2.38. The Bertz CT molecular complexity index is 437. The molecule has 1 amide bonds. The first-order valence-corrected chi connectivity index (χ1v) is 6.83. The minimum Gasteiger partial charge on any atom is -0.496 e. The summed E-state index contributed by atoms with van der Waals surface area (Å²) in [4.78, 5) is 11.6. The van der Waals surface area contributed by atoms with Crippen molar-refractivity contribution in [3.8, 4) is 5.75 Å². The fourth-order valence-corrected chi connectivity index (χ4v) is 2.62. The molecule has 1 aliphatic heterocycles. The third-order valence-corrected chi connectivity index (χ3v) is 3.67. The summed E-state index contributed by atoms with van der Waals surface area (Å²) < 4.78 is 6.11. The van der Waals surface area contributed by atoms with Crippen molar-refractivity contribution < 1.29 is 9.53 Å². The minimum absolute atomic E-state index is 0.0698. The maximum absolute atomic E-state index is 11.6. The van der Waals surface area contributed by atoms with E-state index in [1.54, 1.807) is 7.11 Å². The standard InChI is InChI=1S/C13H17BrN2O2/c1-18-12-5-4-9(7-10(12)14)8-16-11-3-2-6-15-13(11)17/h4-5,7,11,16H,2-3,6,8H2,1H3,(H,15,17). The molecule has 1 aromatic carbocycles. The van der Waals surface area contributed by atoms with Crippen molar-refractivity contribution in [3.05, 3.63) is 28.2 Å². The number of carbonyl (C=O) groups excluding carboxylic acids is 1. The molecular formula is C13H17BrN2O2. The highest BCUT2D eigenvalue weighted by molar-refractivity contribution is 9.10. The second-order valence-electron chi connectivity index (χ2n) is 4.34. The molecule has 0 aliphatic carbocycles. The molecule has 0 bridgehead atoms. The van der Waals surface area contributed by atoms with Gasteiger partial charge in [-0.25, -0.2) is 0 Å². The van der Waals surface area contributed by atoms with Crippen LogP contribution in [0.1, 0.15) is 18.4 Å². The van der Waals surface area contributed by atoms with Crippen molar-refractivity contribution in [2.24, 2.45) is 0 Å². The Kier molecular flexibility index (Phi) is 4.60. The highest BCUT2D eigenvalue weighted by Gasteiger charge is 2.20. The fraction of sp³-hybridized carbons (Fsp3) is 0.462. The van der Waals surface area contributed by atoms with Gasteiger partial charge in [-0.05, 0) is 46.5 Å². The van der Waals surface area contributed by atoms with Crippen LogP contribution in [-0.4, -0.2) is 25.6 Å². The van der Waals surface area contributed by atoms with E-state index in [9.17, 15) is 4.79 Å². The SMILES string of the molecule is COc1ccc(CNC2CCCNC2=O)cc1Br. The quantitative estimate of drug-likeness (QED) is 0.891. The molecule has 1 aliphatic rings. The monoisotopic (exact) mass is 312 g/mol. The summed E-state index contributed by atoms with van der Waals surface area (Å²) in [5.41, 5.74) is 1.13. The zero-order chi connectivity index (χ0) is 13.0. The molecule has 18 heavy (non-hydrogen) atoms. The lowest BCUT2D eigenvalue weighted by atomic mass is 10.1. The molecule has 1 fully saturated rings. The van der Waals surface area contributed by atoms with Gasteiger partial charge in [0.1, 0.15) is 5.75 Å². The van der Waals surface area contributed by atoms with Crippen LogP contribution >= 0.6 is 15.9 Å². The van der Waals surface area contributed by atoms with Gasteiger partial charge < -0.3 is 15.4 Å². The van der Waals surface area contributed by atoms with Crippen LogP contribution in [0.25, 0.3) is 0 Å². The molecule has 1 unspecified atom stereocenters. The number of piperidine rings is 1. The van der Waals surface area contributed by atoms with Crippen molar-refractivity contribution in [1.29, 1.82) is 0 Å². The summed E-state index contributed by atoms with van der Waals surface area (Å²) in [5, 5.41) is 6.15. The summed E-state index contributed by atoms with van der Waals surface area (Å²) >= 11 is 3.45. The van der Waals surface area contributed by atoms with Crippen LogP contribution in [0.2, 0.25) is 0 Å². The lowest BCUT2D eigenvalue weighted by molar-refractivity contribution is -0.124. The van der Waals surface area contributed by atoms with Crippen LogP contribution in [0.5, 0.6) is 5.75 Å². The Balaban J connectivity index is 1.93. The molecule has 1 atom stereocenters. The highest BCUT2D eigenvalue weighted by atomic mass is 79.9. The molecule has 0 spiro atoms. The molecule has 0 aromatic heterocycles. The molecule has 2 rings (SSSR count). The van der Waals surface area contributed by atoms with Gasteiger partial charge in [0.2, 0.25) is 5.91 Å². The van der Waals surface area contributed by atoms with Crippen molar-refractivity contribution in [2.45, 2.75) is 25.4 Å². The Morgan fingerprint density at radius 2 is 2.39 bits per heavy atom. The Labute approximate surface area is 115 Å². The Morgan fingerprint density at radius 1 is 1.56 bits per heavy atom. The van der Waals surface area contributed by atoms with E-state index in [-0.39, 0.29) is 11.9 Å². The number of amides is 1. The fourth-order valence-electron chi connectivity index (χ4n) is 2.03. The molecule has 1 saturated heterocycles. The molecule has 0 radical (unpaired) electrons. The van der Waals surface area contributed by atoms with E-state index >= 15 is 0 Å². The van der Waals surface area contributed by atoms with Crippen molar-refractivity contribution in [3.63, 3.8) is 0 Å². The number of ether oxygens (including phenoxy) is 1. The summed E-state index contributed by atoms with van der Waals surface area (Å²) in [6.07, 6.45) is 1.94. The molecule has 0 saturated carbocycles. The normalized spacial score (nSPS) is 19.4. The number of hydrogen-bond acceptors (Lipinski definition) is 3. The number of hydrogen-bond donors (Lipinski definition) is 2. The third-order valence-electron chi connectivity index (χ3n) is 3.05. The predicted molar refractivity (Wildman–Crippen MR) is 73.6 cm³/mol. The lowest BCUT2D eigenvalue weighted by Crippen LogP contribution is -2.47. The van der Waals surface area contributed by atoms with Gasteiger partial charge >= 0.3 is 0 Å². The zero-order valence-electron chi connectivity index (χ0n) is 10.3. The molecule has 1 aromatic rings. The van der Waals surface area contributed by atoms with Crippen molar-refractivity contribution >= 4 is 21.8 Å². The van der Waals surface area contributed by atoms with Gasteiger partial charge in [-0.3, -0.25) is 4.79 Å². The molecular weight excluding hydrogens is 296 g/mol. The van der Waals surface area contributed by atoms with Crippen LogP contribution in [0.3, 0.4) is 0 Å². The number of methoxy groups -OCH3 is 1. The molecule has 98 valence electrons. The predicted octanol–water partition coefficient (Wildman–Crippen LogP) is 1.83. The number of nitrogens with one attached hydrogen (secondary N) is 2. The lowest BCUT2D eigenvalue weighted by Gasteiger charge is -2.23. The Hall–Kier alpha value is -1.07. The zero-order valence-corrected chi connectivity index (χ0v) is 11.9. The molecule has 2 N–H and O–H groups in total. The number of benzene rings is 1. The summed E-state index contributed by atoms with van der Waals surface area (Å²) in [6, 6.07) is 5.85. The van der Waals surface area contributed by atoms with E-state index < -0.39 is 0 Å². The largest absolute Gasteiger partial charge is 0.496 e. The van der Waals surface area contributed by atoms with Gasteiger partial charge in [0, 0.05) is 13.1 Å². The molecule has 4 nitrogen and oxygen atoms in total. The van der Waals surface area contributed by atoms with E-state index in [2.05, 4.69) is 26.6 Å². The first-order chi connectivity index (χ1) is 8.70. The van der Waals surface area contributed by atoms with E-state index in [1.807, 2.05) is 18.2 Å². The first-order valence-electron chi connectivity index (χ1n) is 6.04. The van der Waals surface area contributed by atoms with Crippen LogP contribution in [0, 0.1) is 0 Å². The summed E-state index contributed by atoms with van der Waals surface area (Å²) in [6.45, 7) is 1.48. The number of halogens is 1. The maximum atomic E-state index is 11.6. The summed E-state index contributed by atoms with van der Waals surface area (Å²) in [5.74, 6) is 0.919. The van der Waals surface area contributed by atoms with Gasteiger partial charge in [-0.1, -0.05) is 6.07 Å². The van der Waals surface area contributed by atoms with E-state index in [0.717, 1.165) is 35.2 Å². The number of rotatable bonds is 4. The van der Waals surface area contributed by atoms with E-state index in [4.69, 9.17) is 4.74 Å². The van der Waals surface area contributed by atoms with Crippen LogP contribution < -0.4 is 15.4 Å². The van der Waals surface area contributed by atoms with Gasteiger partial charge in [0.15, 0.2) is 0 Å². The van der Waals surface area contributed by atoms with Gasteiger partial charge in [0.05, 0.1) is 17.6 Å².